The van der Waals surface area contributed by atoms with E-state index in [0.29, 0.717) is 12.5 Å². The van der Waals surface area contributed by atoms with Crippen molar-refractivity contribution in [3.05, 3.63) is 35.4 Å². The van der Waals surface area contributed by atoms with E-state index in [9.17, 15) is 4.79 Å². The lowest BCUT2D eigenvalue weighted by molar-refractivity contribution is -0.141. The number of esters is 1. The van der Waals surface area contributed by atoms with E-state index in [0.717, 1.165) is 6.42 Å². The van der Waals surface area contributed by atoms with E-state index in [4.69, 9.17) is 4.74 Å². The highest BCUT2D eigenvalue weighted by Crippen LogP contribution is 2.17. The zero-order valence-corrected chi connectivity index (χ0v) is 11.2. The topological polar surface area (TPSA) is 26.3 Å². The van der Waals surface area contributed by atoms with Crippen LogP contribution in [0, 0.1) is 5.92 Å². The Balaban J connectivity index is 2.57. The molecule has 0 heterocycles. The molecule has 0 fully saturated rings. The van der Waals surface area contributed by atoms with E-state index in [1.54, 1.807) is 0 Å². The Hall–Kier alpha value is -1.31. The van der Waals surface area contributed by atoms with Gasteiger partial charge in [0.05, 0.1) is 6.61 Å². The van der Waals surface area contributed by atoms with Gasteiger partial charge in [-0.15, -0.1) is 0 Å². The third kappa shape index (κ3) is 5.03. The summed E-state index contributed by atoms with van der Waals surface area (Å²) in [5.74, 6) is 0.722. The summed E-state index contributed by atoms with van der Waals surface area (Å²) in [5, 5.41) is 0. The molecule has 0 saturated carbocycles. The molecule has 1 aromatic carbocycles. The van der Waals surface area contributed by atoms with Gasteiger partial charge in [0, 0.05) is 12.8 Å². The van der Waals surface area contributed by atoms with Crippen molar-refractivity contribution in [1.29, 1.82) is 0 Å². The molecule has 0 spiro atoms. The molecule has 0 radical (unpaired) electrons. The first-order valence-corrected chi connectivity index (χ1v) is 6.21. The van der Waals surface area contributed by atoms with Crippen LogP contribution in [0.4, 0.5) is 0 Å². The second kappa shape index (κ2) is 6.43. The zero-order chi connectivity index (χ0) is 12.8. The van der Waals surface area contributed by atoms with E-state index in [1.807, 2.05) is 0 Å². The van der Waals surface area contributed by atoms with Gasteiger partial charge in [0.1, 0.15) is 0 Å². The first-order valence-electron chi connectivity index (χ1n) is 6.21. The molecule has 2 heteroatoms. The minimum atomic E-state index is -0.215. The van der Waals surface area contributed by atoms with E-state index in [1.165, 1.54) is 18.1 Å². The van der Waals surface area contributed by atoms with Crippen LogP contribution < -0.4 is 0 Å². The van der Waals surface area contributed by atoms with Crippen molar-refractivity contribution in [2.75, 3.05) is 6.61 Å². The molecule has 1 aromatic rings. The lowest BCUT2D eigenvalue weighted by atomic mass is 9.97. The molecule has 94 valence electrons. The first-order chi connectivity index (χ1) is 7.99. The Kier molecular flexibility index (Phi) is 5.20. The van der Waals surface area contributed by atoms with Crippen molar-refractivity contribution >= 4 is 5.97 Å². The van der Waals surface area contributed by atoms with Crippen LogP contribution in [0.2, 0.25) is 0 Å². The summed E-state index contributed by atoms with van der Waals surface area (Å²) in [6, 6.07) is 8.59. The molecule has 1 atom stereocenters. The summed E-state index contributed by atoms with van der Waals surface area (Å²) < 4.78 is 5.01. The molecule has 17 heavy (non-hydrogen) atoms. The second-order valence-electron chi connectivity index (χ2n) is 5.04. The normalized spacial score (nSPS) is 12.5. The van der Waals surface area contributed by atoms with Crippen LogP contribution in [0.15, 0.2) is 24.3 Å². The van der Waals surface area contributed by atoms with Crippen molar-refractivity contribution in [2.24, 2.45) is 5.92 Å². The smallest absolute Gasteiger partial charge is 0.302 e. The van der Waals surface area contributed by atoms with Crippen LogP contribution in [0.1, 0.15) is 44.7 Å². The van der Waals surface area contributed by atoms with Gasteiger partial charge in [-0.1, -0.05) is 45.0 Å². The quantitative estimate of drug-likeness (QED) is 0.728. The summed E-state index contributed by atoms with van der Waals surface area (Å²) in [6.07, 6.45) is 1.11. The molecule has 1 rings (SSSR count). The fourth-order valence-corrected chi connectivity index (χ4v) is 1.79. The van der Waals surface area contributed by atoms with Crippen LogP contribution in [-0.4, -0.2) is 12.6 Å². The molecule has 0 aliphatic carbocycles. The Morgan fingerprint density at radius 1 is 1.18 bits per heavy atom. The molecule has 2 nitrogen and oxygen atoms in total. The van der Waals surface area contributed by atoms with Crippen LogP contribution in [0.25, 0.3) is 0 Å². The van der Waals surface area contributed by atoms with Crippen molar-refractivity contribution in [3.8, 4) is 0 Å². The highest BCUT2D eigenvalue weighted by molar-refractivity contribution is 5.65. The van der Waals surface area contributed by atoms with Crippen LogP contribution in [0.3, 0.4) is 0 Å². The largest absolute Gasteiger partial charge is 0.465 e. The lowest BCUT2D eigenvalue weighted by Crippen LogP contribution is -2.08. The van der Waals surface area contributed by atoms with Crippen molar-refractivity contribution in [3.63, 3.8) is 0 Å². The molecule has 0 aliphatic heterocycles. The third-order valence-electron chi connectivity index (χ3n) is 2.73. The number of hydrogen-bond donors (Lipinski definition) is 0. The maximum Gasteiger partial charge on any atom is 0.302 e. The molecule has 0 aromatic heterocycles. The third-order valence-corrected chi connectivity index (χ3v) is 2.73. The number of ether oxygens (including phenoxy) is 1. The summed E-state index contributed by atoms with van der Waals surface area (Å²) in [7, 11) is 0. The number of carbonyl (C=O) groups is 1. The fourth-order valence-electron chi connectivity index (χ4n) is 1.79. The van der Waals surface area contributed by atoms with Gasteiger partial charge in [-0.3, -0.25) is 4.79 Å². The van der Waals surface area contributed by atoms with Gasteiger partial charge in [0.25, 0.3) is 0 Å². The maximum atomic E-state index is 10.7. The minimum Gasteiger partial charge on any atom is -0.465 e. The van der Waals surface area contributed by atoms with Gasteiger partial charge in [0.15, 0.2) is 0 Å². The average Bonchev–Trinajstić information content (AvgIpc) is 2.26. The van der Waals surface area contributed by atoms with Gasteiger partial charge in [-0.25, -0.2) is 0 Å². The Bertz CT molecular complexity index is 352. The second-order valence-corrected chi connectivity index (χ2v) is 5.04. The van der Waals surface area contributed by atoms with Crippen LogP contribution >= 0.6 is 0 Å². The van der Waals surface area contributed by atoms with E-state index < -0.39 is 0 Å². The highest BCUT2D eigenvalue weighted by Gasteiger charge is 2.07. The van der Waals surface area contributed by atoms with Gasteiger partial charge in [-0.05, 0) is 23.5 Å². The maximum absolute atomic E-state index is 10.7. The van der Waals surface area contributed by atoms with Crippen LogP contribution in [0.5, 0.6) is 0 Å². The number of benzene rings is 1. The summed E-state index contributed by atoms with van der Waals surface area (Å²) in [5.41, 5.74) is 2.59. The molecule has 0 aliphatic rings. The highest BCUT2D eigenvalue weighted by atomic mass is 16.5. The van der Waals surface area contributed by atoms with Gasteiger partial charge < -0.3 is 4.74 Å². The Morgan fingerprint density at radius 3 is 2.24 bits per heavy atom. The molecular weight excluding hydrogens is 212 g/mol. The van der Waals surface area contributed by atoms with Gasteiger partial charge in [-0.2, -0.15) is 0 Å². The van der Waals surface area contributed by atoms with E-state index >= 15 is 0 Å². The van der Waals surface area contributed by atoms with Gasteiger partial charge in [0.2, 0.25) is 0 Å². The van der Waals surface area contributed by atoms with Crippen LogP contribution in [-0.2, 0) is 16.0 Å². The predicted octanol–water partition coefficient (Wildman–Crippen LogP) is 3.55. The monoisotopic (exact) mass is 234 g/mol. The predicted molar refractivity (Wildman–Crippen MR) is 70.0 cm³/mol. The van der Waals surface area contributed by atoms with E-state index in [2.05, 4.69) is 45.0 Å². The summed E-state index contributed by atoms with van der Waals surface area (Å²) in [4.78, 5) is 10.7. The number of carbonyl (C=O) groups excluding carboxylic acids is 1. The average molecular weight is 234 g/mol. The first kappa shape index (κ1) is 13.8. The lowest BCUT2D eigenvalue weighted by Gasteiger charge is -2.12. The minimum absolute atomic E-state index is 0.215. The zero-order valence-electron chi connectivity index (χ0n) is 11.2. The van der Waals surface area contributed by atoms with Gasteiger partial charge >= 0.3 is 5.97 Å². The number of rotatable bonds is 5. The van der Waals surface area contributed by atoms with Crippen molar-refractivity contribution in [2.45, 2.75) is 40.0 Å². The SMILES string of the molecule is CC(=O)OC[C@@H](C)c1ccc(CC(C)C)cc1. The van der Waals surface area contributed by atoms with Crippen molar-refractivity contribution < 1.29 is 9.53 Å². The molecule has 0 N–H and O–H groups in total. The Morgan fingerprint density at radius 2 is 1.76 bits per heavy atom. The molecule has 0 saturated heterocycles. The Labute approximate surface area is 104 Å². The molecule has 0 bridgehead atoms. The molecule has 0 amide bonds. The molecular formula is C15H22O2. The standard InChI is InChI=1S/C15H22O2/c1-11(2)9-14-5-7-15(8-6-14)12(3)10-17-13(4)16/h5-8,11-12H,9-10H2,1-4H3/t12-/m1/s1. The number of hydrogen-bond acceptors (Lipinski definition) is 2. The van der Waals surface area contributed by atoms with Crippen molar-refractivity contribution in [1.82, 2.24) is 0 Å². The fraction of sp³-hybridized carbons (Fsp3) is 0.533. The molecule has 0 unspecified atom stereocenters. The summed E-state index contributed by atoms with van der Waals surface area (Å²) in [6.45, 7) is 8.41. The van der Waals surface area contributed by atoms with E-state index in [-0.39, 0.29) is 11.9 Å². The summed E-state index contributed by atoms with van der Waals surface area (Å²) >= 11 is 0.